The molecule has 7 N–H and O–H groups in total. The van der Waals surface area contributed by atoms with Crippen molar-refractivity contribution in [3.8, 4) is 17.0 Å². The smallest absolute Gasteiger partial charge is 0.294 e. The normalized spacial score (nSPS) is 12.7. The van der Waals surface area contributed by atoms with Crippen LogP contribution in [0.25, 0.3) is 11.3 Å². The molecule has 0 spiro atoms. The summed E-state index contributed by atoms with van der Waals surface area (Å²) in [4.78, 5) is 30.7. The van der Waals surface area contributed by atoms with E-state index in [9.17, 15) is 9.59 Å². The van der Waals surface area contributed by atoms with E-state index in [1.165, 1.54) is 4.57 Å². The molecule has 1 aliphatic carbocycles. The van der Waals surface area contributed by atoms with Gasteiger partial charge in [-0.05, 0) is 37.0 Å². The Hall–Kier alpha value is -4.34. The number of nitrogens with one attached hydrogen (secondary N) is 3. The van der Waals surface area contributed by atoms with Crippen molar-refractivity contribution >= 4 is 23.2 Å². The van der Waals surface area contributed by atoms with Gasteiger partial charge in [-0.2, -0.15) is 0 Å². The van der Waals surface area contributed by atoms with Crippen LogP contribution in [0.4, 0.5) is 11.5 Å². The fourth-order valence-corrected chi connectivity index (χ4v) is 3.79. The van der Waals surface area contributed by atoms with E-state index >= 15 is 0 Å². The van der Waals surface area contributed by atoms with Crippen LogP contribution in [0.1, 0.15) is 43.7 Å². The number of hydrogen-bond acceptors (Lipinski definition) is 7. The van der Waals surface area contributed by atoms with Gasteiger partial charge in [0.15, 0.2) is 5.82 Å². The topological polar surface area (TPSA) is 161 Å². The van der Waals surface area contributed by atoms with Gasteiger partial charge in [-0.1, -0.05) is 37.6 Å². The SMILES string of the molecule is CCCCOc1cc(N)cc(-c2cnc(NC3CC3)c(=O)n2CC(=O)NCc2ccc(C(=N)N)cc2)c1. The predicted octanol–water partition coefficient (Wildman–Crippen LogP) is 2.85. The molecule has 37 heavy (non-hydrogen) atoms. The van der Waals surface area contributed by atoms with Gasteiger partial charge < -0.3 is 26.8 Å². The van der Waals surface area contributed by atoms with Gasteiger partial charge in [0.05, 0.1) is 18.5 Å². The van der Waals surface area contributed by atoms with Crippen molar-refractivity contribution in [1.29, 1.82) is 5.41 Å². The Morgan fingerprint density at radius 3 is 2.65 bits per heavy atom. The van der Waals surface area contributed by atoms with E-state index in [1.54, 1.807) is 48.7 Å². The van der Waals surface area contributed by atoms with Crippen molar-refractivity contribution in [3.05, 3.63) is 70.1 Å². The zero-order valence-electron chi connectivity index (χ0n) is 20.9. The van der Waals surface area contributed by atoms with E-state index in [0.717, 1.165) is 31.2 Å². The van der Waals surface area contributed by atoms with Crippen molar-refractivity contribution in [2.75, 3.05) is 17.7 Å². The Morgan fingerprint density at radius 2 is 1.97 bits per heavy atom. The quantitative estimate of drug-likeness (QED) is 0.110. The van der Waals surface area contributed by atoms with Gasteiger partial charge in [0.2, 0.25) is 5.91 Å². The van der Waals surface area contributed by atoms with Crippen LogP contribution >= 0.6 is 0 Å². The second-order valence-corrected chi connectivity index (χ2v) is 9.18. The molecule has 4 rings (SSSR count). The Bertz CT molecular complexity index is 1330. The lowest BCUT2D eigenvalue weighted by Crippen LogP contribution is -2.34. The molecule has 2 aromatic carbocycles. The van der Waals surface area contributed by atoms with Gasteiger partial charge in [0.1, 0.15) is 18.1 Å². The first-order valence-corrected chi connectivity index (χ1v) is 12.4. The Labute approximate surface area is 215 Å². The monoisotopic (exact) mass is 503 g/mol. The van der Waals surface area contributed by atoms with E-state index in [0.29, 0.717) is 34.9 Å². The first kappa shape index (κ1) is 25.7. The third kappa shape index (κ3) is 6.87. The maximum Gasteiger partial charge on any atom is 0.294 e. The number of amides is 1. The summed E-state index contributed by atoms with van der Waals surface area (Å²) in [6.07, 6.45) is 5.48. The number of carbonyl (C=O) groups excluding carboxylic acids is 1. The molecule has 0 saturated heterocycles. The van der Waals surface area contributed by atoms with Crippen LogP contribution in [0.5, 0.6) is 5.75 Å². The molecule has 0 bridgehead atoms. The number of hydrogen-bond donors (Lipinski definition) is 5. The Morgan fingerprint density at radius 1 is 1.22 bits per heavy atom. The van der Waals surface area contributed by atoms with Gasteiger partial charge >= 0.3 is 0 Å². The number of anilines is 2. The summed E-state index contributed by atoms with van der Waals surface area (Å²) in [6.45, 7) is 2.72. The fourth-order valence-electron chi connectivity index (χ4n) is 3.79. The van der Waals surface area contributed by atoms with Crippen LogP contribution in [0.15, 0.2) is 53.5 Å². The molecular weight excluding hydrogens is 470 g/mol. The molecule has 3 aromatic rings. The third-order valence-electron chi connectivity index (χ3n) is 6.02. The average Bonchev–Trinajstić information content (AvgIpc) is 3.69. The minimum absolute atomic E-state index is 0.0174. The molecule has 194 valence electrons. The van der Waals surface area contributed by atoms with E-state index in [4.69, 9.17) is 21.6 Å². The highest BCUT2D eigenvalue weighted by Gasteiger charge is 2.24. The molecule has 0 unspecified atom stereocenters. The minimum atomic E-state index is -0.374. The number of aromatic nitrogens is 2. The standard InChI is InChI=1S/C27H33N7O3/c1-2-3-10-37-22-12-19(11-20(28)13-22)23-15-32-26(33-21-8-9-21)27(36)34(23)16-24(35)31-14-17-4-6-18(7-5-17)25(29)30/h4-7,11-13,15,21H,2-3,8-10,14,16,28H2,1H3,(H3,29,30)(H,31,35)(H,32,33). The molecule has 1 saturated carbocycles. The number of amidine groups is 1. The molecule has 0 aliphatic heterocycles. The van der Waals surface area contributed by atoms with Crippen molar-refractivity contribution in [2.45, 2.75) is 51.7 Å². The summed E-state index contributed by atoms with van der Waals surface area (Å²) in [6, 6.07) is 12.6. The summed E-state index contributed by atoms with van der Waals surface area (Å²) in [5, 5.41) is 13.5. The molecule has 1 amide bonds. The molecule has 10 heteroatoms. The molecule has 10 nitrogen and oxygen atoms in total. The highest BCUT2D eigenvalue weighted by molar-refractivity contribution is 5.94. The summed E-state index contributed by atoms with van der Waals surface area (Å²) in [5.41, 5.74) is 14.3. The molecule has 0 radical (unpaired) electrons. The predicted molar refractivity (Wildman–Crippen MR) is 145 cm³/mol. The lowest BCUT2D eigenvalue weighted by atomic mass is 10.1. The fraction of sp³-hybridized carbons (Fsp3) is 0.333. The Kier molecular flexibility index (Phi) is 8.07. The number of carbonyl (C=O) groups is 1. The first-order chi connectivity index (χ1) is 17.8. The highest BCUT2D eigenvalue weighted by atomic mass is 16.5. The zero-order valence-corrected chi connectivity index (χ0v) is 20.9. The van der Waals surface area contributed by atoms with Gasteiger partial charge in [-0.3, -0.25) is 19.6 Å². The summed E-state index contributed by atoms with van der Waals surface area (Å²) in [5.74, 6) is 0.477. The van der Waals surface area contributed by atoms with Crippen LogP contribution in [0, 0.1) is 5.41 Å². The first-order valence-electron chi connectivity index (χ1n) is 12.4. The number of nitrogen functional groups attached to an aromatic ring is 2. The minimum Gasteiger partial charge on any atom is -0.493 e. The second-order valence-electron chi connectivity index (χ2n) is 9.18. The number of benzene rings is 2. The van der Waals surface area contributed by atoms with Gasteiger partial charge in [0.25, 0.3) is 5.56 Å². The largest absolute Gasteiger partial charge is 0.493 e. The molecule has 0 atom stereocenters. The average molecular weight is 504 g/mol. The van der Waals surface area contributed by atoms with E-state index < -0.39 is 0 Å². The summed E-state index contributed by atoms with van der Waals surface area (Å²) < 4.78 is 7.25. The zero-order chi connectivity index (χ0) is 26.4. The van der Waals surface area contributed by atoms with Crippen LogP contribution in [-0.2, 0) is 17.9 Å². The van der Waals surface area contributed by atoms with Crippen molar-refractivity contribution < 1.29 is 9.53 Å². The Balaban J connectivity index is 1.58. The van der Waals surface area contributed by atoms with Crippen molar-refractivity contribution in [2.24, 2.45) is 5.73 Å². The lowest BCUT2D eigenvalue weighted by molar-refractivity contribution is -0.121. The lowest BCUT2D eigenvalue weighted by Gasteiger charge is -2.16. The summed E-state index contributed by atoms with van der Waals surface area (Å²) >= 11 is 0. The molecular formula is C27H33N7O3. The molecule has 1 aromatic heterocycles. The summed E-state index contributed by atoms with van der Waals surface area (Å²) in [7, 11) is 0. The number of unbranched alkanes of at least 4 members (excludes halogenated alkanes) is 1. The highest BCUT2D eigenvalue weighted by Crippen LogP contribution is 2.28. The molecule has 1 fully saturated rings. The maximum atomic E-state index is 13.4. The number of ether oxygens (including phenoxy) is 1. The second kappa shape index (κ2) is 11.6. The van der Waals surface area contributed by atoms with Gasteiger partial charge in [-0.15, -0.1) is 0 Å². The number of nitrogens with two attached hydrogens (primary N) is 2. The van der Waals surface area contributed by atoms with Crippen molar-refractivity contribution in [3.63, 3.8) is 0 Å². The van der Waals surface area contributed by atoms with Gasteiger partial charge in [0, 0.05) is 35.5 Å². The van der Waals surface area contributed by atoms with E-state index in [-0.39, 0.29) is 42.3 Å². The molecule has 1 aliphatic rings. The van der Waals surface area contributed by atoms with E-state index in [2.05, 4.69) is 22.5 Å². The van der Waals surface area contributed by atoms with Crippen LogP contribution in [-0.4, -0.2) is 33.9 Å². The number of rotatable bonds is 12. The maximum absolute atomic E-state index is 13.4. The third-order valence-corrected chi connectivity index (χ3v) is 6.02. The van der Waals surface area contributed by atoms with Crippen LogP contribution in [0.3, 0.4) is 0 Å². The van der Waals surface area contributed by atoms with E-state index in [1.807, 2.05) is 0 Å². The number of nitrogens with zero attached hydrogens (tertiary/aromatic N) is 2. The molecule has 1 heterocycles. The van der Waals surface area contributed by atoms with Crippen LogP contribution in [0.2, 0.25) is 0 Å². The van der Waals surface area contributed by atoms with Crippen LogP contribution < -0.4 is 32.4 Å². The van der Waals surface area contributed by atoms with Crippen molar-refractivity contribution in [1.82, 2.24) is 14.9 Å². The van der Waals surface area contributed by atoms with Gasteiger partial charge in [-0.25, -0.2) is 4.98 Å².